The van der Waals surface area contributed by atoms with E-state index in [0.717, 1.165) is 51.6 Å². The molecule has 2 aromatic rings. The smallest absolute Gasteiger partial charge is 0.372 e. The molecule has 10 heteroatoms. The highest BCUT2D eigenvalue weighted by molar-refractivity contribution is 7.12. The lowest BCUT2D eigenvalue weighted by molar-refractivity contribution is -0.144. The molecule has 0 amide bonds. The number of piperidine rings is 1. The van der Waals surface area contributed by atoms with E-state index < -0.39 is 18.2 Å². The summed E-state index contributed by atoms with van der Waals surface area (Å²) >= 11 is 1.94. The van der Waals surface area contributed by atoms with Gasteiger partial charge in [0.1, 0.15) is 6.23 Å². The molecule has 5 rings (SSSR count). The van der Waals surface area contributed by atoms with Gasteiger partial charge in [-0.3, -0.25) is 4.90 Å². The van der Waals surface area contributed by atoms with Crippen molar-refractivity contribution >= 4 is 11.3 Å². The summed E-state index contributed by atoms with van der Waals surface area (Å²) in [7, 11) is 0. The molecular weight excluding hydrogens is 453 g/mol. The van der Waals surface area contributed by atoms with E-state index in [1.165, 1.54) is 15.3 Å². The Hall–Kier alpha value is -1.46. The first kappa shape index (κ1) is 23.3. The summed E-state index contributed by atoms with van der Waals surface area (Å²) in [6.07, 6.45) is -0.519. The third-order valence-electron chi connectivity index (χ3n) is 7.42. The second-order valence-electron chi connectivity index (χ2n) is 9.67. The lowest BCUT2D eigenvalue weighted by atomic mass is 9.79. The molecule has 5 heterocycles. The summed E-state index contributed by atoms with van der Waals surface area (Å²) in [5.74, 6) is -0.689. The molecule has 3 aliphatic rings. The molecule has 2 saturated heterocycles. The molecule has 0 aliphatic carbocycles. The number of nitrogens with zero attached hydrogens (tertiary/aromatic N) is 3. The van der Waals surface area contributed by atoms with Gasteiger partial charge in [-0.15, -0.1) is 11.3 Å². The first-order chi connectivity index (χ1) is 15.7. The number of rotatable bonds is 5. The van der Waals surface area contributed by atoms with Gasteiger partial charge in [-0.05, 0) is 43.7 Å². The number of fused-ring (bicyclic) bond motifs is 2. The number of H-pyrrole nitrogens is 1. The molecule has 0 bridgehead atoms. The van der Waals surface area contributed by atoms with Gasteiger partial charge in [-0.25, -0.2) is 4.98 Å². The Labute approximate surface area is 195 Å². The number of aliphatic hydroxyl groups is 1. The third kappa shape index (κ3) is 4.36. The molecule has 2 aromatic heterocycles. The predicted octanol–water partition coefficient (Wildman–Crippen LogP) is 3.93. The molecule has 33 heavy (non-hydrogen) atoms. The highest BCUT2D eigenvalue weighted by atomic mass is 32.1. The molecule has 1 unspecified atom stereocenters. The van der Waals surface area contributed by atoms with Crippen LogP contribution in [0.5, 0.6) is 0 Å². The summed E-state index contributed by atoms with van der Waals surface area (Å²) in [5, 5.41) is 10.4. The van der Waals surface area contributed by atoms with Gasteiger partial charge >= 0.3 is 6.18 Å². The van der Waals surface area contributed by atoms with E-state index >= 15 is 0 Å². The molecule has 3 aliphatic heterocycles. The number of hydrogen-bond donors (Lipinski definition) is 2. The number of likely N-dealkylation sites (tertiary alicyclic amines) is 2. The second kappa shape index (κ2) is 8.64. The number of alkyl halides is 3. The van der Waals surface area contributed by atoms with Crippen LogP contribution in [-0.2, 0) is 29.4 Å². The maximum atomic E-state index is 12.8. The number of aryl methyl sites for hydroxylation is 1. The monoisotopic (exact) mass is 484 g/mol. The van der Waals surface area contributed by atoms with Crippen molar-refractivity contribution in [1.29, 1.82) is 0 Å². The second-order valence-corrected chi connectivity index (χ2v) is 10.9. The normalized spacial score (nSPS) is 28.1. The first-order valence-electron chi connectivity index (χ1n) is 11.7. The van der Waals surface area contributed by atoms with Crippen LogP contribution in [0.15, 0.2) is 12.3 Å². The number of hydrogen-bond acceptors (Lipinski definition) is 6. The van der Waals surface area contributed by atoms with Crippen LogP contribution in [0.4, 0.5) is 13.2 Å². The van der Waals surface area contributed by atoms with Crippen LogP contribution in [0.1, 0.15) is 59.8 Å². The number of imidazole rings is 1. The van der Waals surface area contributed by atoms with Gasteiger partial charge in [0.2, 0.25) is 5.82 Å². The summed E-state index contributed by atoms with van der Waals surface area (Å²) in [4.78, 5) is 12.8. The molecule has 2 N–H and O–H groups in total. The third-order valence-corrected chi connectivity index (χ3v) is 8.76. The fourth-order valence-electron chi connectivity index (χ4n) is 5.61. The van der Waals surface area contributed by atoms with Crippen LogP contribution in [0.3, 0.4) is 0 Å². The van der Waals surface area contributed by atoms with Crippen molar-refractivity contribution < 1.29 is 23.0 Å². The van der Waals surface area contributed by atoms with Crippen molar-refractivity contribution in [3.05, 3.63) is 39.1 Å². The average molecular weight is 485 g/mol. The largest absolute Gasteiger partial charge is 0.449 e. The zero-order chi connectivity index (χ0) is 23.4. The van der Waals surface area contributed by atoms with Gasteiger partial charge in [0.25, 0.3) is 0 Å². The van der Waals surface area contributed by atoms with Crippen molar-refractivity contribution in [3.8, 4) is 0 Å². The lowest BCUT2D eigenvalue weighted by Gasteiger charge is -2.50. The van der Waals surface area contributed by atoms with Crippen molar-refractivity contribution in [1.82, 2.24) is 19.8 Å². The summed E-state index contributed by atoms with van der Waals surface area (Å²) in [6, 6.07) is 2.75. The van der Waals surface area contributed by atoms with E-state index in [2.05, 4.69) is 34.8 Å². The van der Waals surface area contributed by atoms with Crippen LogP contribution < -0.4 is 0 Å². The molecule has 3 atom stereocenters. The van der Waals surface area contributed by atoms with E-state index in [1.807, 2.05) is 11.3 Å². The Bertz CT molecular complexity index is 987. The molecular formula is C23H31F3N4O2S. The Balaban J connectivity index is 1.16. The van der Waals surface area contributed by atoms with Gasteiger partial charge < -0.3 is 19.7 Å². The predicted molar refractivity (Wildman–Crippen MR) is 119 cm³/mol. The minimum absolute atomic E-state index is 0.0847. The number of aromatic amines is 1. The number of thiophene rings is 1. The topological polar surface area (TPSA) is 64.6 Å². The SMILES string of the molecule is CCc1cc2c(s1)CCO[C@@]21CCN(CC2CN(C(O)c3cnc(C(F)(F)F)[nH]3)C2)[C@@H](C)C1. The van der Waals surface area contributed by atoms with Crippen molar-refractivity contribution in [2.45, 2.75) is 63.6 Å². The fourth-order valence-corrected chi connectivity index (χ4v) is 6.79. The molecule has 2 fully saturated rings. The van der Waals surface area contributed by atoms with Crippen molar-refractivity contribution in [2.24, 2.45) is 5.92 Å². The zero-order valence-corrected chi connectivity index (χ0v) is 19.8. The Kier molecular flexibility index (Phi) is 6.10. The Morgan fingerprint density at radius 1 is 1.39 bits per heavy atom. The minimum atomic E-state index is -4.54. The van der Waals surface area contributed by atoms with Gasteiger partial charge in [-0.1, -0.05) is 6.92 Å². The van der Waals surface area contributed by atoms with Gasteiger partial charge in [0.05, 0.1) is 24.1 Å². The molecule has 0 saturated carbocycles. The summed E-state index contributed by atoms with van der Waals surface area (Å²) in [5.41, 5.74) is 1.34. The molecule has 6 nitrogen and oxygen atoms in total. The number of aromatic nitrogens is 2. The minimum Gasteiger partial charge on any atom is -0.372 e. The fraction of sp³-hybridized carbons (Fsp3) is 0.696. The Morgan fingerprint density at radius 3 is 2.85 bits per heavy atom. The van der Waals surface area contributed by atoms with E-state index in [-0.39, 0.29) is 11.3 Å². The van der Waals surface area contributed by atoms with Gasteiger partial charge in [-0.2, -0.15) is 13.2 Å². The van der Waals surface area contributed by atoms with Crippen molar-refractivity contribution in [3.63, 3.8) is 0 Å². The highest BCUT2D eigenvalue weighted by Crippen LogP contribution is 2.46. The van der Waals surface area contributed by atoms with Gasteiger partial charge in [0.15, 0.2) is 0 Å². The van der Waals surface area contributed by atoms with E-state index in [4.69, 9.17) is 4.74 Å². The lowest BCUT2D eigenvalue weighted by Crippen LogP contribution is -2.57. The molecule has 0 radical (unpaired) electrons. The number of aliphatic hydroxyl groups excluding tert-OH is 1. The maximum Gasteiger partial charge on any atom is 0.449 e. The maximum absolute atomic E-state index is 12.8. The number of halogens is 3. The van der Waals surface area contributed by atoms with Crippen LogP contribution in [0.2, 0.25) is 0 Å². The number of ether oxygens (including phenoxy) is 1. The number of nitrogens with one attached hydrogen (secondary N) is 1. The molecule has 1 spiro atoms. The Morgan fingerprint density at radius 2 is 2.18 bits per heavy atom. The first-order valence-corrected chi connectivity index (χ1v) is 12.5. The van der Waals surface area contributed by atoms with Gasteiger partial charge in [0, 0.05) is 48.4 Å². The molecule has 0 aromatic carbocycles. The van der Waals surface area contributed by atoms with Crippen LogP contribution >= 0.6 is 11.3 Å². The van der Waals surface area contributed by atoms with Crippen LogP contribution in [0.25, 0.3) is 0 Å². The van der Waals surface area contributed by atoms with E-state index in [9.17, 15) is 18.3 Å². The summed E-state index contributed by atoms with van der Waals surface area (Å²) < 4.78 is 44.7. The standard InChI is InChI=1S/C23H31F3N4O2S/c1-3-16-8-17-19(33-16)4-7-32-22(17)5-6-29(14(2)9-22)11-15-12-30(13-15)20(31)18-10-27-21(28-18)23(24,25)26/h8,10,14-15,20,31H,3-7,9,11-13H2,1-2H3,(H,27,28)/t14-,20?,22+/m0/s1. The van der Waals surface area contributed by atoms with Crippen LogP contribution in [0, 0.1) is 5.92 Å². The molecule has 182 valence electrons. The zero-order valence-electron chi connectivity index (χ0n) is 19.0. The quantitative estimate of drug-likeness (QED) is 0.674. The highest BCUT2D eigenvalue weighted by Gasteiger charge is 2.45. The average Bonchev–Trinajstić information content (AvgIpc) is 3.39. The van der Waals surface area contributed by atoms with E-state index in [1.54, 1.807) is 4.90 Å². The van der Waals surface area contributed by atoms with Crippen LogP contribution in [-0.4, -0.2) is 63.7 Å². The summed E-state index contributed by atoms with van der Waals surface area (Å²) in [6.45, 7) is 8.46. The van der Waals surface area contributed by atoms with E-state index in [0.29, 0.717) is 25.0 Å². The van der Waals surface area contributed by atoms with Crippen molar-refractivity contribution in [2.75, 3.05) is 32.8 Å².